The van der Waals surface area contributed by atoms with E-state index < -0.39 is 17.1 Å². The minimum atomic E-state index is -0.632. The zero-order valence-electron chi connectivity index (χ0n) is 36.5. The highest BCUT2D eigenvalue weighted by atomic mass is 16.5. The van der Waals surface area contributed by atoms with Gasteiger partial charge in [0.2, 0.25) is 11.7 Å². The number of benzene rings is 2. The molecule has 61 heavy (non-hydrogen) atoms. The second kappa shape index (κ2) is 20.0. The minimum Gasteiger partial charge on any atom is -0.504 e. The smallest absolute Gasteiger partial charge is 0.207 e. The Kier molecular flexibility index (Phi) is 14.5. The first-order valence-electron chi connectivity index (χ1n) is 22.3. The summed E-state index contributed by atoms with van der Waals surface area (Å²) < 4.78 is 25.1. The van der Waals surface area contributed by atoms with Gasteiger partial charge in [0.25, 0.3) is 0 Å². The number of nitrogens with one attached hydrogen (secondary N) is 4. The van der Waals surface area contributed by atoms with Gasteiger partial charge in [0, 0.05) is 51.0 Å². The number of nitrogens with zero attached hydrogens (tertiary/aromatic N) is 1. The first-order chi connectivity index (χ1) is 29.6. The molecule has 0 aromatic heterocycles. The lowest BCUT2D eigenvalue weighted by Crippen LogP contribution is -2.43. The van der Waals surface area contributed by atoms with E-state index in [4.69, 9.17) is 18.9 Å². The fraction of sp³-hybridized carbons (Fsp3) is 0.592. The topological polar surface area (TPSA) is 155 Å². The van der Waals surface area contributed by atoms with Crippen LogP contribution in [0.2, 0.25) is 0 Å². The Labute approximate surface area is 362 Å². The third-order valence-electron chi connectivity index (χ3n) is 13.9. The highest BCUT2D eigenvalue weighted by Crippen LogP contribution is 2.53. The van der Waals surface area contributed by atoms with Gasteiger partial charge in [-0.3, -0.25) is 20.4 Å². The number of methoxy groups -OCH3 is 1. The molecule has 0 amide bonds. The normalized spacial score (nSPS) is 28.4. The number of rotatable bonds is 12. The van der Waals surface area contributed by atoms with Crippen molar-refractivity contribution in [3.63, 3.8) is 0 Å². The average Bonchev–Trinajstić information content (AvgIpc) is 3.98. The van der Waals surface area contributed by atoms with Crippen LogP contribution in [-0.4, -0.2) is 81.3 Å². The van der Waals surface area contributed by atoms with Gasteiger partial charge in [0.1, 0.15) is 11.7 Å². The Morgan fingerprint density at radius 3 is 2.74 bits per heavy atom. The van der Waals surface area contributed by atoms with Crippen LogP contribution in [0.25, 0.3) is 0 Å². The SMILES string of the molecule is CN=C1NC#CC[C@@H]2CCC[C@@]2(Cc2ccc(O)c(OC)c2)C(=O)/C=C/CC2(CCCC2)c2cc(c3c(c2)O[C@]2(CNC)C[C@H](CC#CO3)[C@@H](CCOCNC[C@H](C)O)C2)N1. The van der Waals surface area contributed by atoms with E-state index in [9.17, 15) is 15.0 Å². The van der Waals surface area contributed by atoms with E-state index in [1.807, 2.05) is 25.3 Å². The van der Waals surface area contributed by atoms with Crippen molar-refractivity contribution in [1.82, 2.24) is 16.0 Å². The van der Waals surface area contributed by atoms with E-state index in [2.05, 4.69) is 68.5 Å². The van der Waals surface area contributed by atoms with E-state index in [-0.39, 0.29) is 22.9 Å². The Bertz CT molecular complexity index is 2060. The summed E-state index contributed by atoms with van der Waals surface area (Å²) >= 11 is 0. The monoisotopic (exact) mass is 835 g/mol. The summed E-state index contributed by atoms with van der Waals surface area (Å²) in [5.74, 6) is 9.64. The molecule has 3 saturated carbocycles. The molecule has 5 aliphatic rings. The number of fused-ring (bicyclic) bond motifs is 8. The quantitative estimate of drug-likeness (QED) is 0.0784. The van der Waals surface area contributed by atoms with Crippen LogP contribution in [0.1, 0.15) is 102 Å². The molecule has 3 aliphatic carbocycles. The van der Waals surface area contributed by atoms with E-state index in [1.165, 1.54) is 0 Å². The van der Waals surface area contributed by atoms with Crippen molar-refractivity contribution in [3.05, 3.63) is 53.6 Å². The number of aliphatic imine (C=N–C) groups is 1. The van der Waals surface area contributed by atoms with Gasteiger partial charge in [-0.1, -0.05) is 43.2 Å². The predicted octanol–water partition coefficient (Wildman–Crippen LogP) is 6.55. The molecule has 2 aromatic carbocycles. The summed E-state index contributed by atoms with van der Waals surface area (Å²) in [6.07, 6.45) is 18.4. The van der Waals surface area contributed by atoms with Crippen molar-refractivity contribution in [2.45, 2.75) is 114 Å². The number of aliphatic hydroxyl groups excluding tert-OH is 1. The fourth-order valence-electron chi connectivity index (χ4n) is 10.9. The molecule has 2 heterocycles. The maximum absolute atomic E-state index is 14.7. The van der Waals surface area contributed by atoms with Gasteiger partial charge in [-0.2, -0.15) is 0 Å². The molecule has 3 fully saturated rings. The Morgan fingerprint density at radius 2 is 1.95 bits per heavy atom. The molecule has 0 unspecified atom stereocenters. The van der Waals surface area contributed by atoms with E-state index >= 15 is 0 Å². The number of likely N-dealkylation sites (N-methyl/N-ethyl adjacent to an activating group) is 1. The molecule has 12 nitrogen and oxygen atoms in total. The predicted molar refractivity (Wildman–Crippen MR) is 238 cm³/mol. The number of anilines is 1. The molecule has 0 saturated heterocycles. The largest absolute Gasteiger partial charge is 0.504 e. The van der Waals surface area contributed by atoms with Crippen molar-refractivity contribution in [2.75, 3.05) is 52.9 Å². The summed E-state index contributed by atoms with van der Waals surface area (Å²) in [7, 11) is 5.24. The first kappa shape index (κ1) is 44.3. The second-order valence-electron chi connectivity index (χ2n) is 18.0. The van der Waals surface area contributed by atoms with Gasteiger partial charge in [0.05, 0.1) is 25.6 Å². The molecular weight excluding hydrogens is 771 g/mol. The van der Waals surface area contributed by atoms with Crippen LogP contribution in [-0.2, 0) is 21.4 Å². The van der Waals surface area contributed by atoms with Gasteiger partial charge < -0.3 is 39.8 Å². The molecule has 4 bridgehead atoms. The fourth-order valence-corrected chi connectivity index (χ4v) is 10.9. The van der Waals surface area contributed by atoms with Crippen LogP contribution < -0.4 is 35.5 Å². The number of aromatic hydroxyl groups is 1. The molecule has 7 rings (SSSR count). The molecular formula is C49H65N5O7. The highest BCUT2D eigenvalue weighted by Gasteiger charge is 2.49. The molecule has 2 aromatic rings. The van der Waals surface area contributed by atoms with Crippen LogP contribution in [0.3, 0.4) is 0 Å². The van der Waals surface area contributed by atoms with Crippen molar-refractivity contribution < 1.29 is 34.0 Å². The van der Waals surface area contributed by atoms with Crippen molar-refractivity contribution in [3.8, 4) is 47.0 Å². The summed E-state index contributed by atoms with van der Waals surface area (Å²) in [6.45, 7) is 3.90. The number of phenolic OH excluding ortho intramolecular Hbond substituents is 1. The van der Waals surface area contributed by atoms with E-state index in [0.717, 1.165) is 75.3 Å². The molecule has 6 N–H and O–H groups in total. The van der Waals surface area contributed by atoms with E-state index in [1.54, 1.807) is 27.1 Å². The highest BCUT2D eigenvalue weighted by molar-refractivity contribution is 5.97. The summed E-state index contributed by atoms with van der Waals surface area (Å²) in [6, 6.07) is 12.9. The number of hydrogen-bond donors (Lipinski definition) is 6. The Morgan fingerprint density at radius 1 is 1.10 bits per heavy atom. The van der Waals surface area contributed by atoms with Crippen molar-refractivity contribution in [1.29, 1.82) is 0 Å². The molecule has 12 heteroatoms. The van der Waals surface area contributed by atoms with Gasteiger partial charge in [-0.25, -0.2) is 0 Å². The third kappa shape index (κ3) is 10.2. The third-order valence-corrected chi connectivity index (χ3v) is 13.9. The maximum atomic E-state index is 14.7. The molecule has 2 aliphatic heterocycles. The molecule has 1 spiro atoms. The number of guanidine groups is 1. The molecule has 328 valence electrons. The standard InChI is InChI=1S/C49H65N5O7/c1-34(55)31-52-33-59-24-17-37-30-48(32-50-2)29-36(37)11-10-23-60-45-40-26-39(27-43(45)61-48)47(18-5-6-19-47)20-8-14-44(57)49(28-35-15-16-41(56)42(25-35)58-4)21-7-12-38(49)13-9-22-53-46(51-3)54-40/h8,14-16,25-27,34,36-38,50,52,55-56H,5-7,11-13,17-21,24,28-33H2,1-4H3,(H2,51,53,54)/b14-8+/t34-,36-,37-,38-,48+,49-/m0/s1. The van der Waals surface area contributed by atoms with Crippen LogP contribution in [0.4, 0.5) is 5.69 Å². The number of carbonyl (C=O) groups excluding carboxylic acids is 1. The number of ketones is 1. The lowest BCUT2D eigenvalue weighted by molar-refractivity contribution is -0.125. The zero-order valence-corrected chi connectivity index (χ0v) is 36.5. The summed E-state index contributed by atoms with van der Waals surface area (Å²) in [5.41, 5.74) is 1.40. The Hall–Kier alpha value is -4.72. The van der Waals surface area contributed by atoms with E-state index in [0.29, 0.717) is 92.8 Å². The van der Waals surface area contributed by atoms with Gasteiger partial charge in [-0.05, 0) is 136 Å². The van der Waals surface area contributed by atoms with Crippen molar-refractivity contribution in [2.24, 2.45) is 28.2 Å². The Balaban J connectivity index is 1.24. The first-order valence-corrected chi connectivity index (χ1v) is 22.3. The number of carbonyl (C=O) groups is 1. The van der Waals surface area contributed by atoms with Gasteiger partial charge in [0.15, 0.2) is 23.0 Å². The molecule has 6 atom stereocenters. The lowest BCUT2D eigenvalue weighted by atomic mass is 9.68. The maximum Gasteiger partial charge on any atom is 0.207 e. The average molecular weight is 836 g/mol. The minimum absolute atomic E-state index is 0.0525. The number of phenols is 1. The zero-order chi connectivity index (χ0) is 42.9. The van der Waals surface area contributed by atoms with Gasteiger partial charge >= 0.3 is 0 Å². The number of allylic oxidation sites excluding steroid dienone is 2. The second-order valence-corrected chi connectivity index (χ2v) is 18.0. The van der Waals surface area contributed by atoms with Crippen LogP contribution in [0.5, 0.6) is 23.0 Å². The summed E-state index contributed by atoms with van der Waals surface area (Å²) in [4.78, 5) is 19.3. The van der Waals surface area contributed by atoms with Crippen LogP contribution in [0.15, 0.2) is 47.5 Å². The number of hydrogen-bond acceptors (Lipinski definition) is 10. The van der Waals surface area contributed by atoms with Crippen molar-refractivity contribution >= 4 is 17.4 Å². The van der Waals surface area contributed by atoms with Crippen LogP contribution in [0, 0.1) is 47.2 Å². The number of ether oxygens (including phenoxy) is 4. The summed E-state index contributed by atoms with van der Waals surface area (Å²) in [5, 5.41) is 33.3. The van der Waals surface area contributed by atoms with Gasteiger partial charge in [-0.15, -0.1) is 0 Å². The van der Waals surface area contributed by atoms with Crippen LogP contribution >= 0.6 is 0 Å². The molecule has 0 radical (unpaired) electrons. The number of aliphatic hydroxyl groups is 1. The lowest BCUT2D eigenvalue weighted by Gasteiger charge is -2.35.